The summed E-state index contributed by atoms with van der Waals surface area (Å²) in [5, 5.41) is 14.8. The Hall–Kier alpha value is -11.0. The molecule has 16 rings (SSSR count). The van der Waals surface area contributed by atoms with E-state index in [-0.39, 0.29) is 0 Å². The number of benzene rings is 13. The number of para-hydroxylation sites is 3. The smallest absolute Gasteiger partial charge is 0.179 e. The lowest BCUT2D eigenvalue weighted by molar-refractivity contribution is 0.994. The first kappa shape index (κ1) is 52.5. The highest BCUT2D eigenvalue weighted by molar-refractivity contribution is 7.22. The molecule has 0 fully saturated rings. The average molecular weight is 1160 g/mol. The van der Waals surface area contributed by atoms with E-state index in [2.05, 4.69) is 361 Å². The number of nitrogens with zero attached hydrogens (tertiary/aromatic N) is 4. The van der Waals surface area contributed by atoms with Gasteiger partial charge in [0.05, 0.1) is 22.1 Å². The summed E-state index contributed by atoms with van der Waals surface area (Å²) in [5.41, 5.74) is 9.90. The van der Waals surface area contributed by atoms with Crippen molar-refractivity contribution in [2.75, 3.05) is 0 Å². The first-order valence-corrected chi connectivity index (χ1v) is 34.2. The van der Waals surface area contributed by atoms with Gasteiger partial charge in [0.1, 0.15) is 11.6 Å². The highest BCUT2D eigenvalue weighted by atomic mass is 28.3. The van der Waals surface area contributed by atoms with Gasteiger partial charge in [0.15, 0.2) is 22.0 Å². The van der Waals surface area contributed by atoms with Gasteiger partial charge in [-0.15, -0.1) is 0 Å². The summed E-state index contributed by atoms with van der Waals surface area (Å²) < 4.78 is 4.72. The van der Waals surface area contributed by atoms with Crippen molar-refractivity contribution in [3.63, 3.8) is 0 Å². The van der Waals surface area contributed by atoms with Crippen LogP contribution in [-0.4, -0.2) is 35.2 Å². The number of aromatic nitrogens is 4. The minimum atomic E-state index is -3.40. The summed E-state index contributed by atoms with van der Waals surface area (Å²) >= 11 is 0. The van der Waals surface area contributed by atoms with Gasteiger partial charge in [0, 0.05) is 33.2 Å². The van der Waals surface area contributed by atoms with E-state index < -0.39 is 16.1 Å². The van der Waals surface area contributed by atoms with Crippen LogP contribution in [0.1, 0.15) is 0 Å². The zero-order valence-corrected chi connectivity index (χ0v) is 50.3. The standard InChI is InChI=1S/C82H58N4Si2/c1-8-29-59(30-9-1)61-33-28-44-69(53-61)88(67-40-18-6-19-41-67,68-42-20-7-21-43-68)71-55-63(54-70(57-71)87(64-34-12-3-13-35-64,65-36-14-4-15-37-65)66-38-16-5-17-39-66)82-83-80(85-76-48-25-22-45-72(76)73-46-23-26-49-77(73)85)58-81(84-82)86-78-50-27-24-47-74(78)75-56-62(51-52-79(75)86)60-31-10-2-11-32-60/h1-58H. The summed E-state index contributed by atoms with van der Waals surface area (Å²) in [6, 6.07) is 130. The third kappa shape index (κ3) is 8.71. The molecule has 0 saturated heterocycles. The molecule has 0 N–H and O–H groups in total. The molecular weight excluding hydrogens is 1100 g/mol. The van der Waals surface area contributed by atoms with Crippen molar-refractivity contribution >= 4 is 101 Å². The van der Waals surface area contributed by atoms with Crippen LogP contribution in [0.25, 0.3) is 88.9 Å². The Kier molecular flexibility index (Phi) is 13.2. The van der Waals surface area contributed by atoms with E-state index >= 15 is 0 Å². The average Bonchev–Trinajstić information content (AvgIpc) is 1.09. The molecule has 6 heteroatoms. The van der Waals surface area contributed by atoms with Gasteiger partial charge >= 0.3 is 0 Å². The van der Waals surface area contributed by atoms with Gasteiger partial charge in [-0.1, -0.05) is 315 Å². The Morgan fingerprint density at radius 2 is 0.500 bits per heavy atom. The molecular formula is C82H58N4Si2. The molecule has 13 aromatic carbocycles. The lowest BCUT2D eigenvalue weighted by Gasteiger charge is -2.38. The summed E-state index contributed by atoms with van der Waals surface area (Å²) in [5.74, 6) is 2.18. The molecule has 88 heavy (non-hydrogen) atoms. The summed E-state index contributed by atoms with van der Waals surface area (Å²) in [7, 11) is -6.69. The quantitative estimate of drug-likeness (QED) is 0.0852. The van der Waals surface area contributed by atoms with E-state index in [1.807, 2.05) is 0 Å². The summed E-state index contributed by atoms with van der Waals surface area (Å²) in [6.45, 7) is 0. The van der Waals surface area contributed by atoms with Gasteiger partial charge in [-0.2, -0.15) is 0 Å². The van der Waals surface area contributed by atoms with Crippen LogP contribution in [0, 0.1) is 0 Å². The van der Waals surface area contributed by atoms with Crippen molar-refractivity contribution in [1.82, 2.24) is 19.1 Å². The molecule has 0 aliphatic heterocycles. The van der Waals surface area contributed by atoms with Gasteiger partial charge in [0.25, 0.3) is 0 Å². The van der Waals surface area contributed by atoms with Crippen LogP contribution in [0.5, 0.6) is 0 Å². The second-order valence-corrected chi connectivity index (χ2v) is 30.4. The second kappa shape index (κ2) is 22.1. The topological polar surface area (TPSA) is 35.6 Å². The van der Waals surface area contributed by atoms with Crippen molar-refractivity contribution in [2.24, 2.45) is 0 Å². The molecule has 0 atom stereocenters. The van der Waals surface area contributed by atoms with E-state index in [4.69, 9.17) is 9.97 Å². The van der Waals surface area contributed by atoms with Crippen LogP contribution < -0.4 is 41.5 Å². The maximum absolute atomic E-state index is 6.00. The van der Waals surface area contributed by atoms with Crippen molar-refractivity contribution in [2.45, 2.75) is 0 Å². The molecule has 3 heterocycles. The zero-order valence-electron chi connectivity index (χ0n) is 48.3. The summed E-state index contributed by atoms with van der Waals surface area (Å²) in [4.78, 5) is 12.0. The number of rotatable bonds is 13. The molecule has 0 saturated carbocycles. The fourth-order valence-corrected chi connectivity index (χ4v) is 24.0. The largest absolute Gasteiger partial charge is 0.294 e. The monoisotopic (exact) mass is 1150 g/mol. The van der Waals surface area contributed by atoms with Crippen molar-refractivity contribution < 1.29 is 0 Å². The summed E-state index contributed by atoms with van der Waals surface area (Å²) in [6.07, 6.45) is 0. The number of fused-ring (bicyclic) bond motifs is 6. The molecule has 0 spiro atoms. The molecule has 16 aromatic rings. The molecule has 3 aromatic heterocycles. The minimum Gasteiger partial charge on any atom is -0.294 e. The molecule has 0 aliphatic carbocycles. The van der Waals surface area contributed by atoms with Gasteiger partial charge in [-0.05, 0) is 94.1 Å². The normalized spacial score (nSPS) is 11.9. The highest BCUT2D eigenvalue weighted by Gasteiger charge is 2.46. The van der Waals surface area contributed by atoms with Crippen LogP contribution in [0.4, 0.5) is 0 Å². The van der Waals surface area contributed by atoms with Gasteiger partial charge in [-0.25, -0.2) is 9.97 Å². The van der Waals surface area contributed by atoms with E-state index in [0.29, 0.717) is 5.82 Å². The van der Waals surface area contributed by atoms with Gasteiger partial charge < -0.3 is 0 Å². The molecule has 414 valence electrons. The molecule has 0 bridgehead atoms. The van der Waals surface area contributed by atoms with Crippen LogP contribution in [0.15, 0.2) is 352 Å². The number of hydrogen-bond acceptors (Lipinski definition) is 2. The van der Waals surface area contributed by atoms with Crippen molar-refractivity contribution in [3.05, 3.63) is 352 Å². The van der Waals surface area contributed by atoms with Gasteiger partial charge in [0.2, 0.25) is 0 Å². The third-order valence-electron chi connectivity index (χ3n) is 18.0. The first-order chi connectivity index (χ1) is 43.6. The van der Waals surface area contributed by atoms with E-state index in [0.717, 1.165) is 66.4 Å². The van der Waals surface area contributed by atoms with Gasteiger partial charge in [-0.3, -0.25) is 9.13 Å². The Morgan fingerprint density at radius 3 is 0.920 bits per heavy atom. The lowest BCUT2D eigenvalue weighted by atomic mass is 10.0. The highest BCUT2D eigenvalue weighted by Crippen LogP contribution is 2.37. The van der Waals surface area contributed by atoms with E-state index in [1.165, 1.54) is 58.2 Å². The predicted octanol–water partition coefficient (Wildman–Crippen LogP) is 14.4. The fraction of sp³-hybridized carbons (Fsp3) is 0. The van der Waals surface area contributed by atoms with Crippen LogP contribution in [0.2, 0.25) is 0 Å². The maximum Gasteiger partial charge on any atom is 0.179 e. The van der Waals surface area contributed by atoms with E-state index in [9.17, 15) is 0 Å². The SMILES string of the molecule is c1ccc(-c2cccc([Si](c3ccccc3)(c3ccccc3)c3cc(-c4nc(-n5c6ccccc6c6ccccc65)cc(-n5c6ccccc6c6cc(-c7ccccc7)ccc65)n4)cc([Si](c4ccccc4)(c4ccccc4)c4ccccc4)c3)c2)cc1. The predicted molar refractivity (Wildman–Crippen MR) is 374 cm³/mol. The second-order valence-electron chi connectivity index (χ2n) is 22.8. The van der Waals surface area contributed by atoms with Crippen LogP contribution >= 0.6 is 0 Å². The van der Waals surface area contributed by atoms with Crippen molar-refractivity contribution in [3.8, 4) is 45.3 Å². The van der Waals surface area contributed by atoms with Crippen molar-refractivity contribution in [1.29, 1.82) is 0 Å². The Balaban J connectivity index is 1.08. The van der Waals surface area contributed by atoms with Crippen LogP contribution in [-0.2, 0) is 0 Å². The minimum absolute atomic E-state index is 0.628. The molecule has 0 radical (unpaired) electrons. The zero-order chi connectivity index (χ0) is 58.4. The molecule has 0 amide bonds. The fourth-order valence-electron chi connectivity index (χ4n) is 14.2. The lowest BCUT2D eigenvalue weighted by Crippen LogP contribution is -2.78. The Morgan fingerprint density at radius 1 is 0.193 bits per heavy atom. The first-order valence-electron chi connectivity index (χ1n) is 30.2. The van der Waals surface area contributed by atoms with E-state index in [1.54, 1.807) is 0 Å². The number of hydrogen-bond donors (Lipinski definition) is 0. The molecule has 0 unspecified atom stereocenters. The Bertz CT molecular complexity index is 5000. The van der Waals surface area contributed by atoms with Crippen LogP contribution in [0.3, 0.4) is 0 Å². The molecule has 4 nitrogen and oxygen atoms in total. The Labute approximate surface area is 514 Å². The maximum atomic E-state index is 6.00. The third-order valence-corrected chi connectivity index (χ3v) is 27.5. The molecule has 0 aliphatic rings.